The van der Waals surface area contributed by atoms with Crippen LogP contribution < -0.4 is 5.32 Å². The van der Waals surface area contributed by atoms with Gasteiger partial charge in [-0.1, -0.05) is 73.9 Å². The van der Waals surface area contributed by atoms with Crippen LogP contribution in [-0.2, 0) is 0 Å². The fourth-order valence-electron chi connectivity index (χ4n) is 4.90. The van der Waals surface area contributed by atoms with E-state index in [1.165, 1.54) is 37.6 Å². The number of hydrogen-bond donors (Lipinski definition) is 1. The molecule has 1 saturated carbocycles. The second-order valence-corrected chi connectivity index (χ2v) is 8.58. The Hall–Kier alpha value is -3.73. The van der Waals surface area contributed by atoms with E-state index >= 15 is 0 Å². The number of hydrogen-bond acceptors (Lipinski definition) is 4. The molecule has 158 valence electrons. The van der Waals surface area contributed by atoms with E-state index in [9.17, 15) is 0 Å². The van der Waals surface area contributed by atoms with Crippen molar-refractivity contribution >= 4 is 33.3 Å². The minimum Gasteiger partial charge on any atom is -0.338 e. The van der Waals surface area contributed by atoms with Crippen molar-refractivity contribution in [3.63, 3.8) is 0 Å². The maximum Gasteiger partial charge on any atom is 0.161 e. The van der Waals surface area contributed by atoms with Crippen molar-refractivity contribution in [1.82, 2.24) is 19.7 Å². The molecule has 0 radical (unpaired) electrons. The maximum absolute atomic E-state index is 4.70. The Morgan fingerprint density at radius 2 is 1.56 bits per heavy atom. The van der Waals surface area contributed by atoms with Gasteiger partial charge in [-0.3, -0.25) is 0 Å². The summed E-state index contributed by atoms with van der Waals surface area (Å²) in [6, 6.07) is 25.5. The number of anilines is 2. The topological polar surface area (TPSA) is 55.6 Å². The smallest absolute Gasteiger partial charge is 0.161 e. The lowest BCUT2D eigenvalue weighted by molar-refractivity contribution is 0.359. The molecule has 1 aliphatic rings. The van der Waals surface area contributed by atoms with Gasteiger partial charge in [-0.25, -0.2) is 4.98 Å². The molecule has 0 spiro atoms. The minimum absolute atomic E-state index is 0.577. The number of aromatic nitrogens is 4. The van der Waals surface area contributed by atoms with Gasteiger partial charge >= 0.3 is 0 Å². The first-order chi connectivity index (χ1) is 15.9. The molecule has 6 rings (SSSR count). The SMILES string of the molecule is c1ccc(-c2nnc(Nc3ccc4c(c3)ncn4C3CCCCC3)c3ccccc23)cc1. The highest BCUT2D eigenvalue weighted by Crippen LogP contribution is 2.33. The minimum atomic E-state index is 0.577. The molecule has 0 aliphatic heterocycles. The zero-order chi connectivity index (χ0) is 21.3. The Labute approximate surface area is 187 Å². The van der Waals surface area contributed by atoms with Crippen LogP contribution in [0.3, 0.4) is 0 Å². The molecule has 3 aromatic carbocycles. The second-order valence-electron chi connectivity index (χ2n) is 8.58. The van der Waals surface area contributed by atoms with E-state index < -0.39 is 0 Å². The van der Waals surface area contributed by atoms with Crippen LogP contribution in [0, 0.1) is 0 Å². The van der Waals surface area contributed by atoms with Gasteiger partial charge in [0, 0.05) is 28.1 Å². The van der Waals surface area contributed by atoms with Crippen molar-refractivity contribution in [2.24, 2.45) is 0 Å². The van der Waals surface area contributed by atoms with Crippen molar-refractivity contribution in [2.45, 2.75) is 38.1 Å². The number of imidazole rings is 1. The average Bonchev–Trinajstić information content (AvgIpc) is 3.29. The van der Waals surface area contributed by atoms with Crippen LogP contribution in [0.1, 0.15) is 38.1 Å². The molecule has 1 N–H and O–H groups in total. The molecule has 0 bridgehead atoms. The summed E-state index contributed by atoms with van der Waals surface area (Å²) in [7, 11) is 0. The zero-order valence-corrected chi connectivity index (χ0v) is 17.9. The van der Waals surface area contributed by atoms with Crippen molar-refractivity contribution in [1.29, 1.82) is 0 Å². The summed E-state index contributed by atoms with van der Waals surface area (Å²) >= 11 is 0. The third-order valence-corrected chi connectivity index (χ3v) is 6.54. The van der Waals surface area contributed by atoms with Crippen LogP contribution >= 0.6 is 0 Å². The molecular weight excluding hydrogens is 394 g/mol. The summed E-state index contributed by atoms with van der Waals surface area (Å²) in [5.41, 5.74) is 5.15. The lowest BCUT2D eigenvalue weighted by atomic mass is 9.95. The summed E-state index contributed by atoms with van der Waals surface area (Å²) < 4.78 is 2.36. The molecule has 0 amide bonds. The normalized spacial score (nSPS) is 14.8. The van der Waals surface area contributed by atoms with E-state index in [0.717, 1.165) is 39.1 Å². The van der Waals surface area contributed by atoms with E-state index in [0.29, 0.717) is 6.04 Å². The number of nitrogens with zero attached hydrogens (tertiary/aromatic N) is 4. The molecular formula is C27H25N5. The Kier molecular flexibility index (Phi) is 4.79. The number of nitrogens with one attached hydrogen (secondary N) is 1. The van der Waals surface area contributed by atoms with Crippen LogP contribution in [0.15, 0.2) is 79.1 Å². The molecule has 1 fully saturated rings. The first kappa shape index (κ1) is 19.0. The molecule has 1 aliphatic carbocycles. The molecule has 0 saturated heterocycles. The molecule has 5 heteroatoms. The number of benzene rings is 3. The predicted molar refractivity (Wildman–Crippen MR) is 130 cm³/mol. The molecule has 2 aromatic heterocycles. The molecule has 0 atom stereocenters. The van der Waals surface area contributed by atoms with Gasteiger partial charge in [0.2, 0.25) is 0 Å². The number of fused-ring (bicyclic) bond motifs is 2. The largest absolute Gasteiger partial charge is 0.338 e. The Balaban J connectivity index is 1.35. The fraction of sp³-hybridized carbons (Fsp3) is 0.222. The Bertz CT molecular complexity index is 1380. The Morgan fingerprint density at radius 1 is 0.781 bits per heavy atom. The van der Waals surface area contributed by atoms with Crippen LogP contribution in [-0.4, -0.2) is 19.7 Å². The van der Waals surface area contributed by atoms with Gasteiger partial charge in [0.1, 0.15) is 5.69 Å². The first-order valence-electron chi connectivity index (χ1n) is 11.4. The van der Waals surface area contributed by atoms with Crippen molar-refractivity contribution in [2.75, 3.05) is 5.32 Å². The van der Waals surface area contributed by atoms with Crippen molar-refractivity contribution in [3.8, 4) is 11.3 Å². The second kappa shape index (κ2) is 8.08. The molecule has 0 unspecified atom stereocenters. The van der Waals surface area contributed by atoms with Gasteiger partial charge in [0.05, 0.1) is 17.4 Å². The first-order valence-corrected chi connectivity index (χ1v) is 11.4. The van der Waals surface area contributed by atoms with Crippen LogP contribution in [0.5, 0.6) is 0 Å². The standard InChI is InChI=1S/C27H25N5/c1-3-9-19(10-4-1)26-22-13-7-8-14-23(22)27(31-30-26)29-20-15-16-25-24(17-20)28-18-32(25)21-11-5-2-6-12-21/h1,3-4,7-10,13-18,21H,2,5-6,11-12H2,(H,29,31). The summed E-state index contributed by atoms with van der Waals surface area (Å²) in [5, 5.41) is 14.7. The van der Waals surface area contributed by atoms with E-state index in [4.69, 9.17) is 4.98 Å². The lowest BCUT2D eigenvalue weighted by Gasteiger charge is -2.23. The lowest BCUT2D eigenvalue weighted by Crippen LogP contribution is -2.11. The Morgan fingerprint density at radius 3 is 2.41 bits per heavy atom. The predicted octanol–water partition coefficient (Wildman–Crippen LogP) is 6.90. The zero-order valence-electron chi connectivity index (χ0n) is 17.9. The van der Waals surface area contributed by atoms with E-state index in [1.807, 2.05) is 36.7 Å². The summed E-state index contributed by atoms with van der Waals surface area (Å²) in [5.74, 6) is 0.756. The van der Waals surface area contributed by atoms with E-state index in [-0.39, 0.29) is 0 Å². The average molecular weight is 420 g/mol. The van der Waals surface area contributed by atoms with E-state index in [1.54, 1.807) is 0 Å². The number of rotatable bonds is 4. The van der Waals surface area contributed by atoms with Gasteiger partial charge in [0.25, 0.3) is 0 Å². The van der Waals surface area contributed by atoms with Crippen LogP contribution in [0.25, 0.3) is 33.1 Å². The summed E-state index contributed by atoms with van der Waals surface area (Å²) in [6.07, 6.45) is 8.49. The van der Waals surface area contributed by atoms with Crippen LogP contribution in [0.4, 0.5) is 11.5 Å². The molecule has 2 heterocycles. The maximum atomic E-state index is 4.70. The highest BCUT2D eigenvalue weighted by Gasteiger charge is 2.17. The van der Waals surface area contributed by atoms with Gasteiger partial charge in [0.15, 0.2) is 5.82 Å². The van der Waals surface area contributed by atoms with Crippen molar-refractivity contribution < 1.29 is 0 Å². The summed E-state index contributed by atoms with van der Waals surface area (Å²) in [4.78, 5) is 4.70. The molecule has 5 aromatic rings. The monoisotopic (exact) mass is 419 g/mol. The third kappa shape index (κ3) is 3.40. The molecule has 5 nitrogen and oxygen atoms in total. The third-order valence-electron chi connectivity index (χ3n) is 6.54. The highest BCUT2D eigenvalue weighted by atomic mass is 15.2. The van der Waals surface area contributed by atoms with Crippen molar-refractivity contribution in [3.05, 3.63) is 79.1 Å². The quantitative estimate of drug-likeness (QED) is 0.344. The van der Waals surface area contributed by atoms with Gasteiger partial charge < -0.3 is 9.88 Å². The highest BCUT2D eigenvalue weighted by molar-refractivity contribution is 6.01. The van der Waals surface area contributed by atoms with Gasteiger partial charge in [-0.15, -0.1) is 10.2 Å². The summed E-state index contributed by atoms with van der Waals surface area (Å²) in [6.45, 7) is 0. The van der Waals surface area contributed by atoms with Gasteiger partial charge in [-0.05, 0) is 31.0 Å². The van der Waals surface area contributed by atoms with E-state index in [2.05, 4.69) is 62.5 Å². The van der Waals surface area contributed by atoms with Gasteiger partial charge in [-0.2, -0.15) is 0 Å². The fourth-order valence-corrected chi connectivity index (χ4v) is 4.90. The van der Waals surface area contributed by atoms with Crippen LogP contribution in [0.2, 0.25) is 0 Å². The molecule has 32 heavy (non-hydrogen) atoms.